The largest absolute Gasteiger partial charge is 0.341 e. The lowest BCUT2D eigenvalue weighted by Crippen LogP contribution is -2.45. The first-order chi connectivity index (χ1) is 13.0. The van der Waals surface area contributed by atoms with Gasteiger partial charge < -0.3 is 10.2 Å². The lowest BCUT2D eigenvalue weighted by molar-refractivity contribution is -0.132. The van der Waals surface area contributed by atoms with E-state index in [2.05, 4.69) is 15.3 Å². The number of para-hydroxylation sites is 1. The molecular formula is C21H22N4O2. The Kier molecular flexibility index (Phi) is 5.45. The number of fused-ring (bicyclic) bond motifs is 1. The highest BCUT2D eigenvalue weighted by Gasteiger charge is 2.21. The number of aromatic nitrogens is 2. The van der Waals surface area contributed by atoms with Crippen LogP contribution in [0, 0.1) is 6.92 Å². The number of carbonyl (C=O) groups is 2. The fourth-order valence-electron chi connectivity index (χ4n) is 2.92. The van der Waals surface area contributed by atoms with Gasteiger partial charge >= 0.3 is 0 Å². The summed E-state index contributed by atoms with van der Waals surface area (Å²) in [6.07, 6.45) is 0. The van der Waals surface area contributed by atoms with Crippen LogP contribution >= 0.6 is 0 Å². The maximum Gasteiger partial charge on any atom is 0.251 e. The third-order valence-electron chi connectivity index (χ3n) is 4.35. The topological polar surface area (TPSA) is 75.2 Å². The number of amides is 2. The monoisotopic (exact) mass is 362 g/mol. The van der Waals surface area contributed by atoms with E-state index in [4.69, 9.17) is 0 Å². The van der Waals surface area contributed by atoms with Crippen molar-refractivity contribution in [2.45, 2.75) is 26.4 Å². The number of rotatable bonds is 5. The van der Waals surface area contributed by atoms with Crippen molar-refractivity contribution in [2.24, 2.45) is 0 Å². The molecule has 0 spiro atoms. The van der Waals surface area contributed by atoms with Crippen LogP contribution < -0.4 is 5.32 Å². The Balaban J connectivity index is 1.67. The van der Waals surface area contributed by atoms with Crippen molar-refractivity contribution in [1.82, 2.24) is 20.2 Å². The summed E-state index contributed by atoms with van der Waals surface area (Å²) >= 11 is 0. The van der Waals surface area contributed by atoms with E-state index in [0.717, 1.165) is 16.6 Å². The second-order valence-electron chi connectivity index (χ2n) is 6.50. The third kappa shape index (κ3) is 4.28. The molecule has 0 radical (unpaired) electrons. The SMILES string of the molecule is Cc1nc(CN(C)C(=O)C(C)NC(=O)c2ccccc2)nc2ccccc12. The van der Waals surface area contributed by atoms with Crippen molar-refractivity contribution in [3.63, 3.8) is 0 Å². The predicted octanol–water partition coefficient (Wildman–Crippen LogP) is 2.72. The van der Waals surface area contributed by atoms with Crippen molar-refractivity contribution in [2.75, 3.05) is 7.05 Å². The van der Waals surface area contributed by atoms with Gasteiger partial charge in [-0.3, -0.25) is 9.59 Å². The molecule has 0 fully saturated rings. The molecule has 1 N–H and O–H groups in total. The van der Waals surface area contributed by atoms with Crippen molar-refractivity contribution in [3.8, 4) is 0 Å². The highest BCUT2D eigenvalue weighted by atomic mass is 16.2. The molecular weight excluding hydrogens is 340 g/mol. The Morgan fingerprint density at radius 3 is 2.44 bits per heavy atom. The van der Waals surface area contributed by atoms with E-state index in [9.17, 15) is 9.59 Å². The molecule has 6 nitrogen and oxygen atoms in total. The molecule has 0 saturated carbocycles. The van der Waals surface area contributed by atoms with Gasteiger partial charge in [-0.15, -0.1) is 0 Å². The molecule has 2 aromatic carbocycles. The van der Waals surface area contributed by atoms with Gasteiger partial charge in [-0.05, 0) is 32.0 Å². The molecule has 2 amide bonds. The van der Waals surface area contributed by atoms with Crippen LogP contribution in [0.2, 0.25) is 0 Å². The van der Waals surface area contributed by atoms with Gasteiger partial charge in [-0.2, -0.15) is 0 Å². The van der Waals surface area contributed by atoms with Gasteiger partial charge in [0.05, 0.1) is 12.1 Å². The van der Waals surface area contributed by atoms with E-state index in [1.807, 2.05) is 37.3 Å². The molecule has 27 heavy (non-hydrogen) atoms. The number of carbonyl (C=O) groups excluding carboxylic acids is 2. The third-order valence-corrected chi connectivity index (χ3v) is 4.35. The molecule has 1 heterocycles. The number of nitrogens with zero attached hydrogens (tertiary/aromatic N) is 3. The average molecular weight is 362 g/mol. The van der Waals surface area contributed by atoms with E-state index >= 15 is 0 Å². The fraction of sp³-hybridized carbons (Fsp3) is 0.238. The van der Waals surface area contributed by atoms with Crippen LogP contribution in [0.15, 0.2) is 54.6 Å². The molecule has 1 atom stereocenters. The minimum absolute atomic E-state index is 0.200. The van der Waals surface area contributed by atoms with Crippen LogP contribution in [0.4, 0.5) is 0 Å². The van der Waals surface area contributed by atoms with Gasteiger partial charge in [-0.25, -0.2) is 9.97 Å². The predicted molar refractivity (Wildman–Crippen MR) is 104 cm³/mol. The highest BCUT2D eigenvalue weighted by Crippen LogP contribution is 2.15. The lowest BCUT2D eigenvalue weighted by Gasteiger charge is -2.22. The minimum Gasteiger partial charge on any atom is -0.341 e. The standard InChI is InChI=1S/C21H22N4O2/c1-14-17-11-7-8-12-18(17)24-19(22-14)13-25(3)21(27)15(2)23-20(26)16-9-5-4-6-10-16/h4-12,15H,13H2,1-3H3,(H,23,26). The number of hydrogen-bond acceptors (Lipinski definition) is 4. The van der Waals surface area contributed by atoms with Crippen LogP contribution in [-0.2, 0) is 11.3 Å². The first-order valence-corrected chi connectivity index (χ1v) is 8.79. The molecule has 1 unspecified atom stereocenters. The highest BCUT2D eigenvalue weighted by molar-refractivity contribution is 5.97. The molecule has 138 valence electrons. The van der Waals surface area contributed by atoms with Crippen molar-refractivity contribution >= 4 is 22.7 Å². The van der Waals surface area contributed by atoms with E-state index in [-0.39, 0.29) is 18.4 Å². The molecule has 3 rings (SSSR count). The summed E-state index contributed by atoms with van der Waals surface area (Å²) in [4.78, 5) is 35.4. The van der Waals surface area contributed by atoms with Crippen LogP contribution in [-0.4, -0.2) is 39.8 Å². The van der Waals surface area contributed by atoms with Crippen molar-refractivity contribution in [1.29, 1.82) is 0 Å². The van der Waals surface area contributed by atoms with Crippen LogP contribution in [0.3, 0.4) is 0 Å². The Morgan fingerprint density at radius 2 is 1.70 bits per heavy atom. The molecule has 0 bridgehead atoms. The van der Waals surface area contributed by atoms with Crippen LogP contribution in [0.1, 0.15) is 28.8 Å². The summed E-state index contributed by atoms with van der Waals surface area (Å²) in [7, 11) is 1.68. The van der Waals surface area contributed by atoms with E-state index < -0.39 is 6.04 Å². The van der Waals surface area contributed by atoms with Gasteiger partial charge in [-0.1, -0.05) is 36.4 Å². The maximum atomic E-state index is 12.6. The lowest BCUT2D eigenvalue weighted by atomic mass is 10.2. The van der Waals surface area contributed by atoms with Gasteiger partial charge in [0.25, 0.3) is 5.91 Å². The van der Waals surface area contributed by atoms with E-state index in [1.54, 1.807) is 38.2 Å². The number of benzene rings is 2. The Morgan fingerprint density at radius 1 is 1.04 bits per heavy atom. The second kappa shape index (κ2) is 7.95. The van der Waals surface area contributed by atoms with Gasteiger partial charge in [0.15, 0.2) is 0 Å². The zero-order valence-electron chi connectivity index (χ0n) is 15.6. The minimum atomic E-state index is -0.649. The second-order valence-corrected chi connectivity index (χ2v) is 6.50. The molecule has 1 aromatic heterocycles. The fourth-order valence-corrected chi connectivity index (χ4v) is 2.92. The summed E-state index contributed by atoms with van der Waals surface area (Å²) in [5, 5.41) is 3.73. The normalized spacial score (nSPS) is 11.8. The zero-order chi connectivity index (χ0) is 19.4. The van der Waals surface area contributed by atoms with E-state index in [0.29, 0.717) is 11.4 Å². The van der Waals surface area contributed by atoms with Crippen LogP contribution in [0.5, 0.6) is 0 Å². The van der Waals surface area contributed by atoms with Gasteiger partial charge in [0.1, 0.15) is 11.9 Å². The van der Waals surface area contributed by atoms with Crippen molar-refractivity contribution in [3.05, 3.63) is 71.7 Å². The van der Waals surface area contributed by atoms with Crippen LogP contribution in [0.25, 0.3) is 10.9 Å². The molecule has 0 aliphatic rings. The molecule has 6 heteroatoms. The first-order valence-electron chi connectivity index (χ1n) is 8.79. The smallest absolute Gasteiger partial charge is 0.251 e. The number of nitrogens with one attached hydrogen (secondary N) is 1. The van der Waals surface area contributed by atoms with Gasteiger partial charge in [0, 0.05) is 23.7 Å². The average Bonchev–Trinajstić information content (AvgIpc) is 2.68. The molecule has 0 saturated heterocycles. The summed E-state index contributed by atoms with van der Waals surface area (Å²) in [6.45, 7) is 3.88. The summed E-state index contributed by atoms with van der Waals surface area (Å²) in [5.74, 6) is 0.0972. The zero-order valence-corrected chi connectivity index (χ0v) is 15.6. The molecule has 0 aliphatic carbocycles. The Hall–Kier alpha value is -3.28. The number of likely N-dealkylation sites (N-methyl/N-ethyl adjacent to an activating group) is 1. The summed E-state index contributed by atoms with van der Waals surface area (Å²) < 4.78 is 0. The molecule has 0 aliphatic heterocycles. The number of hydrogen-bond donors (Lipinski definition) is 1. The van der Waals surface area contributed by atoms with Gasteiger partial charge in [0.2, 0.25) is 5.91 Å². The van der Waals surface area contributed by atoms with Crippen molar-refractivity contribution < 1.29 is 9.59 Å². The quantitative estimate of drug-likeness (QED) is 0.757. The van der Waals surface area contributed by atoms with E-state index in [1.165, 1.54) is 4.90 Å². The summed E-state index contributed by atoms with van der Waals surface area (Å²) in [6, 6.07) is 16.0. The maximum absolute atomic E-state index is 12.6. The first kappa shape index (κ1) is 18.5. The summed E-state index contributed by atoms with van der Waals surface area (Å²) in [5.41, 5.74) is 2.25. The molecule has 3 aromatic rings. The Bertz CT molecular complexity index is 972. The Labute approximate surface area is 158 Å². The number of aryl methyl sites for hydroxylation is 1.